The Bertz CT molecular complexity index is 1230. The first-order chi connectivity index (χ1) is 18.2. The van der Waals surface area contributed by atoms with Gasteiger partial charge in [-0.1, -0.05) is 45.9 Å². The number of alkyl halides is 6. The number of halogens is 6. The maximum atomic E-state index is 14.0. The molecule has 1 aliphatic rings. The fourth-order valence-electron chi connectivity index (χ4n) is 5.54. The van der Waals surface area contributed by atoms with Crippen LogP contribution in [-0.4, -0.2) is 43.4 Å². The molecule has 2 atom stereocenters. The van der Waals surface area contributed by atoms with Crippen molar-refractivity contribution in [2.24, 2.45) is 16.7 Å². The Kier molecular flexibility index (Phi) is 8.43. The maximum Gasteiger partial charge on any atom is 0.416 e. The van der Waals surface area contributed by atoms with E-state index < -0.39 is 46.4 Å². The van der Waals surface area contributed by atoms with Crippen molar-refractivity contribution >= 4 is 23.2 Å². The molecule has 0 bridgehead atoms. The molecule has 1 fully saturated rings. The number of amides is 2. The average Bonchev–Trinajstić information content (AvgIpc) is 3.02. The number of carbonyl (C=O) groups excluding carboxylic acids is 2. The summed E-state index contributed by atoms with van der Waals surface area (Å²) in [5.41, 5.74) is -3.15. The van der Waals surface area contributed by atoms with Crippen molar-refractivity contribution in [3.05, 3.63) is 58.7 Å². The van der Waals surface area contributed by atoms with Gasteiger partial charge in [0.05, 0.1) is 22.5 Å². The molecule has 1 aliphatic heterocycles. The van der Waals surface area contributed by atoms with Gasteiger partial charge in [0.15, 0.2) is 0 Å². The highest BCUT2D eigenvalue weighted by molar-refractivity contribution is 6.08. The van der Waals surface area contributed by atoms with Crippen LogP contribution in [0.2, 0.25) is 0 Å². The minimum Gasteiger partial charge on any atom is -0.325 e. The van der Waals surface area contributed by atoms with E-state index in [4.69, 9.17) is 0 Å². The number of hydrogen-bond acceptors (Lipinski definition) is 3. The van der Waals surface area contributed by atoms with E-state index in [0.29, 0.717) is 24.4 Å². The van der Waals surface area contributed by atoms with Crippen LogP contribution in [0.25, 0.3) is 0 Å². The van der Waals surface area contributed by atoms with Crippen molar-refractivity contribution in [2.45, 2.75) is 53.9 Å². The Morgan fingerprint density at radius 3 is 1.95 bits per heavy atom. The zero-order chi connectivity index (χ0) is 30.4. The third-order valence-corrected chi connectivity index (χ3v) is 7.21. The van der Waals surface area contributed by atoms with Gasteiger partial charge in [-0.15, -0.1) is 0 Å². The molecule has 0 unspecified atom stereocenters. The lowest BCUT2D eigenvalue weighted by atomic mass is 9.76. The first-order valence-corrected chi connectivity index (χ1v) is 12.8. The molecular formula is C29H35F6N3O2. The molecule has 1 N–H and O–H groups in total. The van der Waals surface area contributed by atoms with Gasteiger partial charge in [0.25, 0.3) is 0 Å². The standard InChI is InChI=1S/C29H35F6N3O2/c1-17-9-8-10-18(2)23(17)38-16-27(19(3)24(38)39,15-37(7)14-26(4,5)6)25(40)36-22-12-20(28(30,31)32)11-21(13-22)29(33,34)35/h8-13,19H,14-16H2,1-7H3,(H,36,40)/t19-,27-/m1/s1. The van der Waals surface area contributed by atoms with Gasteiger partial charge < -0.3 is 15.1 Å². The van der Waals surface area contributed by atoms with Crippen LogP contribution < -0.4 is 10.2 Å². The Hall–Kier alpha value is -3.08. The Labute approximate surface area is 230 Å². The van der Waals surface area contributed by atoms with E-state index in [2.05, 4.69) is 5.32 Å². The van der Waals surface area contributed by atoms with Crippen molar-refractivity contribution in [1.82, 2.24) is 4.90 Å². The number of benzene rings is 2. The minimum atomic E-state index is -5.07. The summed E-state index contributed by atoms with van der Waals surface area (Å²) in [6.45, 7) is 11.7. The quantitative estimate of drug-likeness (QED) is 0.383. The second-order valence-corrected chi connectivity index (χ2v) is 12.0. The van der Waals surface area contributed by atoms with Gasteiger partial charge >= 0.3 is 12.4 Å². The molecule has 1 heterocycles. The van der Waals surface area contributed by atoms with E-state index in [9.17, 15) is 35.9 Å². The van der Waals surface area contributed by atoms with Gasteiger partial charge in [0.1, 0.15) is 0 Å². The van der Waals surface area contributed by atoms with Crippen LogP contribution in [0.15, 0.2) is 36.4 Å². The second-order valence-electron chi connectivity index (χ2n) is 12.0. The molecule has 2 amide bonds. The summed E-state index contributed by atoms with van der Waals surface area (Å²) >= 11 is 0. The fraction of sp³-hybridized carbons (Fsp3) is 0.517. The zero-order valence-corrected chi connectivity index (χ0v) is 23.6. The van der Waals surface area contributed by atoms with Crippen LogP contribution in [0.5, 0.6) is 0 Å². The SMILES string of the molecule is Cc1cccc(C)c1N1C[C@@](CN(C)CC(C)(C)C)(C(=O)Nc2cc(C(F)(F)F)cc(C(F)(F)F)c2)[C@H](C)C1=O. The predicted octanol–water partition coefficient (Wildman–Crippen LogP) is 6.93. The first-order valence-electron chi connectivity index (χ1n) is 12.8. The van der Waals surface area contributed by atoms with Crippen molar-refractivity contribution in [2.75, 3.05) is 36.9 Å². The molecule has 0 aromatic heterocycles. The third-order valence-electron chi connectivity index (χ3n) is 7.21. The van der Waals surface area contributed by atoms with Gasteiger partial charge in [-0.05, 0) is 55.6 Å². The third kappa shape index (κ3) is 6.62. The molecule has 220 valence electrons. The highest BCUT2D eigenvalue weighted by Gasteiger charge is 2.56. The van der Waals surface area contributed by atoms with Gasteiger partial charge in [-0.3, -0.25) is 9.59 Å². The molecule has 0 aliphatic carbocycles. The highest BCUT2D eigenvalue weighted by atomic mass is 19.4. The Morgan fingerprint density at radius 2 is 1.50 bits per heavy atom. The van der Waals surface area contributed by atoms with Crippen LogP contribution in [0, 0.1) is 30.6 Å². The van der Waals surface area contributed by atoms with Crippen molar-refractivity contribution < 1.29 is 35.9 Å². The molecule has 5 nitrogen and oxygen atoms in total. The molecule has 2 aromatic carbocycles. The van der Waals surface area contributed by atoms with E-state index in [-0.39, 0.29) is 30.5 Å². The summed E-state index contributed by atoms with van der Waals surface area (Å²) in [5, 5.41) is 2.33. The number of carbonyl (C=O) groups is 2. The molecule has 0 saturated carbocycles. The molecule has 3 rings (SSSR count). The van der Waals surface area contributed by atoms with Crippen molar-refractivity contribution in [3.8, 4) is 0 Å². The molecule has 11 heteroatoms. The van der Waals surface area contributed by atoms with Crippen LogP contribution in [0.4, 0.5) is 37.7 Å². The molecular weight excluding hydrogens is 536 g/mol. The molecule has 40 heavy (non-hydrogen) atoms. The Morgan fingerprint density at radius 1 is 1.00 bits per heavy atom. The van der Waals surface area contributed by atoms with Crippen molar-refractivity contribution in [1.29, 1.82) is 0 Å². The van der Waals surface area contributed by atoms with E-state index >= 15 is 0 Å². The molecule has 0 spiro atoms. The minimum absolute atomic E-state index is 0.00689. The van der Waals surface area contributed by atoms with Crippen LogP contribution in [0.1, 0.15) is 49.9 Å². The van der Waals surface area contributed by atoms with Crippen LogP contribution in [0.3, 0.4) is 0 Å². The predicted molar refractivity (Wildman–Crippen MR) is 142 cm³/mol. The summed E-state index contributed by atoms with van der Waals surface area (Å²) in [7, 11) is 1.77. The van der Waals surface area contributed by atoms with E-state index in [0.717, 1.165) is 11.1 Å². The number of aryl methyl sites for hydroxylation is 2. The lowest BCUT2D eigenvalue weighted by molar-refractivity contribution is -0.143. The topological polar surface area (TPSA) is 52.6 Å². The zero-order valence-electron chi connectivity index (χ0n) is 23.6. The highest BCUT2D eigenvalue weighted by Crippen LogP contribution is 2.44. The largest absolute Gasteiger partial charge is 0.416 e. The van der Waals surface area contributed by atoms with Crippen LogP contribution >= 0.6 is 0 Å². The van der Waals surface area contributed by atoms with Gasteiger partial charge in [-0.25, -0.2) is 0 Å². The Balaban J connectivity index is 2.11. The van der Waals surface area contributed by atoms with Gasteiger partial charge in [-0.2, -0.15) is 26.3 Å². The number of nitrogens with one attached hydrogen (secondary N) is 1. The summed E-state index contributed by atoms with van der Waals surface area (Å²) < 4.78 is 80.8. The number of hydrogen-bond donors (Lipinski definition) is 1. The lowest BCUT2D eigenvalue weighted by Gasteiger charge is -2.37. The monoisotopic (exact) mass is 571 g/mol. The fourth-order valence-corrected chi connectivity index (χ4v) is 5.54. The molecule has 2 aromatic rings. The number of anilines is 2. The normalized spacial score (nSPS) is 20.4. The van der Waals surface area contributed by atoms with E-state index in [1.165, 1.54) is 4.90 Å². The molecule has 1 saturated heterocycles. The second kappa shape index (κ2) is 10.7. The summed E-state index contributed by atoms with van der Waals surface area (Å²) in [6, 6.07) is 6.45. The molecule has 0 radical (unpaired) electrons. The number of para-hydroxylation sites is 1. The summed E-state index contributed by atoms with van der Waals surface area (Å²) in [5.74, 6) is -2.09. The smallest absolute Gasteiger partial charge is 0.325 e. The lowest BCUT2D eigenvalue weighted by Crippen LogP contribution is -2.51. The first kappa shape index (κ1) is 31.4. The van der Waals surface area contributed by atoms with Gasteiger partial charge in [0.2, 0.25) is 11.8 Å². The van der Waals surface area contributed by atoms with Gasteiger partial charge in [0, 0.05) is 31.0 Å². The summed E-state index contributed by atoms with van der Waals surface area (Å²) in [6.07, 6.45) is -10.1. The van der Waals surface area contributed by atoms with Crippen LogP contribution in [-0.2, 0) is 21.9 Å². The number of rotatable bonds is 6. The maximum absolute atomic E-state index is 14.0. The van der Waals surface area contributed by atoms with E-state index in [1.807, 2.05) is 57.7 Å². The van der Waals surface area contributed by atoms with E-state index in [1.54, 1.807) is 14.0 Å². The van der Waals surface area contributed by atoms with Crippen molar-refractivity contribution in [3.63, 3.8) is 0 Å². The summed E-state index contributed by atoms with van der Waals surface area (Å²) in [4.78, 5) is 31.0. The average molecular weight is 572 g/mol. The number of nitrogens with zero attached hydrogens (tertiary/aromatic N) is 2.